The molecule has 1 heterocycles. The van der Waals surface area contributed by atoms with Crippen LogP contribution in [0.2, 0.25) is 0 Å². The van der Waals surface area contributed by atoms with Gasteiger partial charge in [-0.15, -0.1) is 11.6 Å². The molecule has 0 saturated carbocycles. The number of halogens is 2. The first-order chi connectivity index (χ1) is 8.11. The van der Waals surface area contributed by atoms with Crippen molar-refractivity contribution in [2.75, 3.05) is 7.11 Å². The van der Waals surface area contributed by atoms with Gasteiger partial charge in [0.25, 0.3) is 5.89 Å². The van der Waals surface area contributed by atoms with Crippen LogP contribution >= 0.6 is 27.5 Å². The largest absolute Gasteiger partial charge is 0.496 e. The van der Waals surface area contributed by atoms with Crippen LogP contribution in [0.1, 0.15) is 18.1 Å². The number of nitrogens with zero attached hydrogens (tertiary/aromatic N) is 2. The van der Waals surface area contributed by atoms with Gasteiger partial charge in [0.1, 0.15) is 5.75 Å². The first-order valence-corrected chi connectivity index (χ1v) is 6.16. The average Bonchev–Trinajstić information content (AvgIpc) is 2.78. The van der Waals surface area contributed by atoms with Crippen LogP contribution in [0.15, 0.2) is 27.2 Å². The molecule has 0 N–H and O–H groups in total. The van der Waals surface area contributed by atoms with Gasteiger partial charge in [0.15, 0.2) is 5.82 Å². The summed E-state index contributed by atoms with van der Waals surface area (Å²) in [7, 11) is 1.59. The Morgan fingerprint density at radius 3 is 2.82 bits per heavy atom. The normalized spacial score (nSPS) is 12.5. The van der Waals surface area contributed by atoms with Crippen molar-refractivity contribution in [3.05, 3.63) is 28.5 Å². The summed E-state index contributed by atoms with van der Waals surface area (Å²) in [6.45, 7) is 1.79. The Labute approximate surface area is 112 Å². The Hall–Kier alpha value is -1.07. The van der Waals surface area contributed by atoms with Gasteiger partial charge < -0.3 is 9.26 Å². The molecule has 0 fully saturated rings. The van der Waals surface area contributed by atoms with Crippen molar-refractivity contribution in [2.45, 2.75) is 12.3 Å². The molecule has 4 nitrogen and oxygen atoms in total. The van der Waals surface area contributed by atoms with E-state index in [1.807, 2.05) is 18.2 Å². The van der Waals surface area contributed by atoms with Crippen molar-refractivity contribution in [1.82, 2.24) is 10.1 Å². The highest BCUT2D eigenvalue weighted by Crippen LogP contribution is 2.32. The number of alkyl halides is 1. The van der Waals surface area contributed by atoms with Crippen LogP contribution in [-0.2, 0) is 0 Å². The third kappa shape index (κ3) is 2.61. The van der Waals surface area contributed by atoms with Crippen molar-refractivity contribution in [3.63, 3.8) is 0 Å². The monoisotopic (exact) mass is 316 g/mol. The summed E-state index contributed by atoms with van der Waals surface area (Å²) in [4.78, 5) is 4.21. The van der Waals surface area contributed by atoms with E-state index in [1.165, 1.54) is 0 Å². The van der Waals surface area contributed by atoms with Crippen LogP contribution < -0.4 is 4.74 Å². The molecule has 17 heavy (non-hydrogen) atoms. The van der Waals surface area contributed by atoms with Gasteiger partial charge in [-0.25, -0.2) is 0 Å². The van der Waals surface area contributed by atoms with E-state index in [4.69, 9.17) is 20.9 Å². The van der Waals surface area contributed by atoms with Crippen molar-refractivity contribution in [3.8, 4) is 17.2 Å². The molecule has 2 aromatic rings. The molecule has 90 valence electrons. The van der Waals surface area contributed by atoms with Gasteiger partial charge in [-0.1, -0.05) is 21.1 Å². The number of rotatable bonds is 3. The minimum absolute atomic E-state index is 0.283. The fourth-order valence-corrected chi connectivity index (χ4v) is 1.78. The van der Waals surface area contributed by atoms with E-state index >= 15 is 0 Å². The predicted octanol–water partition coefficient (Wildman–Crippen LogP) is 3.81. The average molecular weight is 318 g/mol. The van der Waals surface area contributed by atoms with Crippen LogP contribution in [0.4, 0.5) is 0 Å². The zero-order valence-corrected chi connectivity index (χ0v) is 11.6. The van der Waals surface area contributed by atoms with E-state index in [1.54, 1.807) is 14.0 Å². The zero-order valence-electron chi connectivity index (χ0n) is 9.28. The smallest absolute Gasteiger partial charge is 0.261 e. The molecular formula is C11H10BrClN2O2. The lowest BCUT2D eigenvalue weighted by Gasteiger charge is -2.04. The minimum atomic E-state index is -0.283. The molecule has 2 rings (SSSR count). The first kappa shape index (κ1) is 12.4. The molecule has 1 unspecified atom stereocenters. The molecule has 0 aliphatic carbocycles. The van der Waals surface area contributed by atoms with Crippen LogP contribution in [0.5, 0.6) is 5.75 Å². The second-order valence-corrected chi connectivity index (χ2v) is 4.99. The summed E-state index contributed by atoms with van der Waals surface area (Å²) in [6, 6.07) is 5.56. The number of benzene rings is 1. The molecule has 0 amide bonds. The van der Waals surface area contributed by atoms with Crippen LogP contribution in [0.25, 0.3) is 11.5 Å². The van der Waals surface area contributed by atoms with Gasteiger partial charge in [0.05, 0.1) is 18.1 Å². The van der Waals surface area contributed by atoms with E-state index in [9.17, 15) is 0 Å². The molecule has 0 bridgehead atoms. The molecule has 1 aromatic heterocycles. The zero-order chi connectivity index (χ0) is 12.4. The molecule has 0 aliphatic heterocycles. The van der Waals surface area contributed by atoms with E-state index in [-0.39, 0.29) is 5.38 Å². The van der Waals surface area contributed by atoms with E-state index in [0.29, 0.717) is 17.5 Å². The van der Waals surface area contributed by atoms with E-state index < -0.39 is 0 Å². The highest BCUT2D eigenvalue weighted by Gasteiger charge is 2.16. The minimum Gasteiger partial charge on any atom is -0.496 e. The van der Waals surface area contributed by atoms with Crippen LogP contribution in [0.3, 0.4) is 0 Å². The van der Waals surface area contributed by atoms with Gasteiger partial charge in [-0.2, -0.15) is 4.98 Å². The maximum atomic E-state index is 5.88. The topological polar surface area (TPSA) is 48.2 Å². The summed E-state index contributed by atoms with van der Waals surface area (Å²) in [6.07, 6.45) is 0. The number of hydrogen-bond acceptors (Lipinski definition) is 4. The van der Waals surface area contributed by atoms with Gasteiger partial charge in [-0.3, -0.25) is 0 Å². The fraction of sp³-hybridized carbons (Fsp3) is 0.273. The highest BCUT2D eigenvalue weighted by atomic mass is 79.9. The summed E-state index contributed by atoms with van der Waals surface area (Å²) < 4.78 is 11.3. The Balaban J connectivity index is 2.44. The number of aromatic nitrogens is 2. The predicted molar refractivity (Wildman–Crippen MR) is 68.3 cm³/mol. The Bertz CT molecular complexity index is 528. The van der Waals surface area contributed by atoms with Crippen molar-refractivity contribution < 1.29 is 9.26 Å². The van der Waals surface area contributed by atoms with Crippen LogP contribution in [-0.4, -0.2) is 17.3 Å². The summed E-state index contributed by atoms with van der Waals surface area (Å²) in [5, 5.41) is 3.52. The highest BCUT2D eigenvalue weighted by molar-refractivity contribution is 9.10. The number of methoxy groups -OCH3 is 1. The van der Waals surface area contributed by atoms with Crippen molar-refractivity contribution >= 4 is 27.5 Å². The van der Waals surface area contributed by atoms with Crippen molar-refractivity contribution in [1.29, 1.82) is 0 Å². The summed E-state index contributed by atoms with van der Waals surface area (Å²) in [5.41, 5.74) is 0.742. The van der Waals surface area contributed by atoms with Gasteiger partial charge in [0.2, 0.25) is 0 Å². The van der Waals surface area contributed by atoms with Gasteiger partial charge >= 0.3 is 0 Å². The Morgan fingerprint density at radius 1 is 1.47 bits per heavy atom. The first-order valence-electron chi connectivity index (χ1n) is 4.93. The molecule has 0 spiro atoms. The second-order valence-electron chi connectivity index (χ2n) is 3.42. The van der Waals surface area contributed by atoms with E-state index in [0.717, 1.165) is 10.0 Å². The molecule has 0 aliphatic rings. The summed E-state index contributed by atoms with van der Waals surface area (Å²) in [5.74, 6) is 1.53. The second kappa shape index (κ2) is 5.06. The molecule has 1 aromatic carbocycles. The lowest BCUT2D eigenvalue weighted by Crippen LogP contribution is -1.89. The SMILES string of the molecule is COc1cc(Br)ccc1-c1nc(C(C)Cl)no1. The molecule has 6 heteroatoms. The maximum absolute atomic E-state index is 5.88. The third-order valence-electron chi connectivity index (χ3n) is 2.19. The van der Waals surface area contributed by atoms with Crippen LogP contribution in [0, 0.1) is 0 Å². The number of hydrogen-bond donors (Lipinski definition) is 0. The van der Waals surface area contributed by atoms with Gasteiger partial charge in [0, 0.05) is 4.47 Å². The van der Waals surface area contributed by atoms with Crippen molar-refractivity contribution in [2.24, 2.45) is 0 Å². The van der Waals surface area contributed by atoms with E-state index in [2.05, 4.69) is 26.1 Å². The molecular weight excluding hydrogens is 307 g/mol. The molecule has 0 radical (unpaired) electrons. The lowest BCUT2D eigenvalue weighted by atomic mass is 10.2. The maximum Gasteiger partial charge on any atom is 0.261 e. The Kier molecular flexibility index (Phi) is 3.69. The Morgan fingerprint density at radius 2 is 2.24 bits per heavy atom. The van der Waals surface area contributed by atoms with Gasteiger partial charge in [-0.05, 0) is 25.1 Å². The lowest BCUT2D eigenvalue weighted by molar-refractivity contribution is 0.402. The quantitative estimate of drug-likeness (QED) is 0.808. The standard InChI is InChI=1S/C11H10BrClN2O2/c1-6(13)10-14-11(17-15-10)8-4-3-7(12)5-9(8)16-2/h3-6H,1-2H3. The fourth-order valence-electron chi connectivity index (χ4n) is 1.35. The summed E-state index contributed by atoms with van der Waals surface area (Å²) >= 11 is 9.25. The molecule has 1 atom stereocenters. The number of ether oxygens (including phenoxy) is 1. The molecule has 0 saturated heterocycles. The third-order valence-corrected chi connectivity index (χ3v) is 2.88.